The molecule has 5 heteroatoms. The maximum absolute atomic E-state index is 11.4. The molecule has 1 aliphatic rings. The quantitative estimate of drug-likeness (QED) is 0.290. The van der Waals surface area contributed by atoms with Crippen LogP contribution in [0.4, 0.5) is 0 Å². The van der Waals surface area contributed by atoms with E-state index in [1.807, 2.05) is 6.92 Å². The second-order valence-electron chi connectivity index (χ2n) is 3.21. The zero-order valence-corrected chi connectivity index (χ0v) is 7.69. The highest BCUT2D eigenvalue weighted by molar-refractivity contribution is 5.82. The summed E-state index contributed by atoms with van der Waals surface area (Å²) in [6.45, 7) is 2.33. The van der Waals surface area contributed by atoms with E-state index in [9.17, 15) is 4.79 Å². The van der Waals surface area contributed by atoms with Gasteiger partial charge in [0.15, 0.2) is 0 Å². The van der Waals surface area contributed by atoms with Crippen LogP contribution in [0.2, 0.25) is 0 Å². The number of carbonyl (C=O) groups excluding carboxylic acids is 1. The number of hydrogen-bond donors (Lipinski definition) is 0. The van der Waals surface area contributed by atoms with Gasteiger partial charge in [-0.1, -0.05) is 18.5 Å². The number of rotatable bonds is 4. The van der Waals surface area contributed by atoms with Crippen LogP contribution in [0.3, 0.4) is 0 Å². The fourth-order valence-corrected chi connectivity index (χ4v) is 1.27. The van der Waals surface area contributed by atoms with Crippen molar-refractivity contribution in [2.24, 2.45) is 5.11 Å². The van der Waals surface area contributed by atoms with Gasteiger partial charge in [0.05, 0.1) is 6.61 Å². The third kappa shape index (κ3) is 1.92. The zero-order chi connectivity index (χ0) is 9.73. The number of azide groups is 1. The molecule has 1 saturated carbocycles. The van der Waals surface area contributed by atoms with Crippen LogP contribution in [0.25, 0.3) is 10.4 Å². The van der Waals surface area contributed by atoms with E-state index in [-0.39, 0.29) is 5.97 Å². The number of carbonyl (C=O) groups is 1. The average molecular weight is 183 g/mol. The summed E-state index contributed by atoms with van der Waals surface area (Å²) in [5.74, 6) is -0.363. The monoisotopic (exact) mass is 183 g/mol. The Morgan fingerprint density at radius 2 is 2.38 bits per heavy atom. The molecule has 0 heterocycles. The van der Waals surface area contributed by atoms with Gasteiger partial charge >= 0.3 is 5.97 Å². The lowest BCUT2D eigenvalue weighted by atomic mass is 9.78. The first-order chi connectivity index (χ1) is 6.25. The first kappa shape index (κ1) is 9.86. The van der Waals surface area contributed by atoms with Crippen LogP contribution in [0.1, 0.15) is 32.6 Å². The lowest BCUT2D eigenvalue weighted by Crippen LogP contribution is -2.44. The topological polar surface area (TPSA) is 75.1 Å². The van der Waals surface area contributed by atoms with Crippen molar-refractivity contribution in [1.82, 2.24) is 0 Å². The van der Waals surface area contributed by atoms with Crippen molar-refractivity contribution in [3.05, 3.63) is 10.4 Å². The second kappa shape index (κ2) is 4.14. The average Bonchev–Trinajstić information content (AvgIpc) is 2.07. The molecule has 0 N–H and O–H groups in total. The molecule has 1 fully saturated rings. The third-order valence-corrected chi connectivity index (χ3v) is 2.23. The summed E-state index contributed by atoms with van der Waals surface area (Å²) in [6, 6.07) is 0. The van der Waals surface area contributed by atoms with E-state index in [1.54, 1.807) is 0 Å². The van der Waals surface area contributed by atoms with Gasteiger partial charge in [0.25, 0.3) is 0 Å². The molecule has 1 rings (SSSR count). The lowest BCUT2D eigenvalue weighted by Gasteiger charge is -2.34. The Balaban J connectivity index is 2.55. The van der Waals surface area contributed by atoms with E-state index in [0.29, 0.717) is 19.4 Å². The Labute approximate surface area is 76.7 Å². The number of hydrogen-bond acceptors (Lipinski definition) is 3. The van der Waals surface area contributed by atoms with Crippen LogP contribution < -0.4 is 0 Å². The molecule has 0 unspecified atom stereocenters. The largest absolute Gasteiger partial charge is 0.465 e. The molecule has 0 aromatic carbocycles. The Hall–Kier alpha value is -1.22. The normalized spacial score (nSPS) is 18.2. The molecule has 0 radical (unpaired) electrons. The molecular weight excluding hydrogens is 170 g/mol. The van der Waals surface area contributed by atoms with Crippen molar-refractivity contribution in [2.75, 3.05) is 6.61 Å². The number of esters is 1. The van der Waals surface area contributed by atoms with Gasteiger partial charge in [-0.15, -0.1) is 0 Å². The van der Waals surface area contributed by atoms with Gasteiger partial charge < -0.3 is 4.74 Å². The highest BCUT2D eigenvalue weighted by Crippen LogP contribution is 2.37. The van der Waals surface area contributed by atoms with E-state index in [0.717, 1.165) is 12.8 Å². The van der Waals surface area contributed by atoms with Gasteiger partial charge in [0.2, 0.25) is 0 Å². The Morgan fingerprint density at radius 1 is 1.69 bits per heavy atom. The molecule has 13 heavy (non-hydrogen) atoms. The molecule has 0 aromatic rings. The number of nitrogens with zero attached hydrogens (tertiary/aromatic N) is 3. The third-order valence-electron chi connectivity index (χ3n) is 2.23. The summed E-state index contributed by atoms with van der Waals surface area (Å²) in [4.78, 5) is 14.1. The van der Waals surface area contributed by atoms with Crippen molar-refractivity contribution >= 4 is 5.97 Å². The summed E-state index contributed by atoms with van der Waals surface area (Å²) >= 11 is 0. The highest BCUT2D eigenvalue weighted by Gasteiger charge is 2.45. The summed E-state index contributed by atoms with van der Waals surface area (Å²) in [7, 11) is 0. The van der Waals surface area contributed by atoms with Crippen LogP contribution in [-0.2, 0) is 9.53 Å². The first-order valence-corrected chi connectivity index (χ1v) is 4.48. The SMILES string of the molecule is CCCOC(=O)C1(N=[N+]=[N-])CCC1. The van der Waals surface area contributed by atoms with Crippen LogP contribution in [0.5, 0.6) is 0 Å². The molecule has 0 amide bonds. The summed E-state index contributed by atoms with van der Waals surface area (Å²) in [5.41, 5.74) is 7.42. The molecular formula is C8H13N3O2. The molecule has 1 aliphatic carbocycles. The Bertz CT molecular complexity index is 242. The van der Waals surface area contributed by atoms with E-state index >= 15 is 0 Å². The summed E-state index contributed by atoms with van der Waals surface area (Å²) in [5, 5.41) is 3.52. The van der Waals surface area contributed by atoms with Crippen LogP contribution >= 0.6 is 0 Å². The summed E-state index contributed by atoms with van der Waals surface area (Å²) in [6.07, 6.45) is 2.97. The number of ether oxygens (including phenoxy) is 1. The van der Waals surface area contributed by atoms with Crippen molar-refractivity contribution < 1.29 is 9.53 Å². The highest BCUT2D eigenvalue weighted by atomic mass is 16.5. The minimum atomic E-state index is -0.871. The molecule has 0 spiro atoms. The maximum Gasteiger partial charge on any atom is 0.318 e. The zero-order valence-electron chi connectivity index (χ0n) is 7.69. The predicted octanol–water partition coefficient (Wildman–Crippen LogP) is 2.17. The first-order valence-electron chi connectivity index (χ1n) is 4.48. The maximum atomic E-state index is 11.4. The van der Waals surface area contributed by atoms with Gasteiger partial charge in [-0.05, 0) is 24.8 Å². The second-order valence-corrected chi connectivity index (χ2v) is 3.21. The summed E-state index contributed by atoms with van der Waals surface area (Å²) < 4.78 is 4.95. The van der Waals surface area contributed by atoms with Crippen molar-refractivity contribution in [3.8, 4) is 0 Å². The van der Waals surface area contributed by atoms with Gasteiger partial charge in [-0.3, -0.25) is 4.79 Å². The van der Waals surface area contributed by atoms with Crippen LogP contribution in [-0.4, -0.2) is 18.1 Å². The van der Waals surface area contributed by atoms with Crippen molar-refractivity contribution in [2.45, 2.75) is 38.1 Å². The standard InChI is InChI=1S/C8H13N3O2/c1-2-6-13-7(12)8(10-11-9)4-3-5-8/h2-6H2,1H3. The Kier molecular flexibility index (Phi) is 3.14. The van der Waals surface area contributed by atoms with Crippen LogP contribution in [0.15, 0.2) is 5.11 Å². The smallest absolute Gasteiger partial charge is 0.318 e. The molecule has 0 bridgehead atoms. The fourth-order valence-electron chi connectivity index (χ4n) is 1.27. The molecule has 0 aliphatic heterocycles. The van der Waals surface area contributed by atoms with Gasteiger partial charge in [0.1, 0.15) is 5.54 Å². The van der Waals surface area contributed by atoms with E-state index in [1.165, 1.54) is 0 Å². The van der Waals surface area contributed by atoms with Gasteiger partial charge in [-0.2, -0.15) is 0 Å². The predicted molar refractivity (Wildman–Crippen MR) is 47.0 cm³/mol. The van der Waals surface area contributed by atoms with Gasteiger partial charge in [-0.25, -0.2) is 0 Å². The molecule has 5 nitrogen and oxygen atoms in total. The Morgan fingerprint density at radius 3 is 2.77 bits per heavy atom. The minimum Gasteiger partial charge on any atom is -0.465 e. The van der Waals surface area contributed by atoms with E-state index < -0.39 is 5.54 Å². The molecule has 72 valence electrons. The van der Waals surface area contributed by atoms with Crippen molar-refractivity contribution in [3.63, 3.8) is 0 Å². The molecule has 0 saturated heterocycles. The lowest BCUT2D eigenvalue weighted by molar-refractivity contribution is -0.153. The minimum absolute atomic E-state index is 0.363. The fraction of sp³-hybridized carbons (Fsp3) is 0.875. The molecule has 0 aromatic heterocycles. The van der Waals surface area contributed by atoms with E-state index in [4.69, 9.17) is 10.3 Å². The van der Waals surface area contributed by atoms with Crippen LogP contribution in [0, 0.1) is 0 Å². The van der Waals surface area contributed by atoms with Gasteiger partial charge in [0, 0.05) is 4.91 Å². The van der Waals surface area contributed by atoms with Crippen molar-refractivity contribution in [1.29, 1.82) is 0 Å². The van der Waals surface area contributed by atoms with E-state index in [2.05, 4.69) is 10.0 Å². The molecule has 0 atom stereocenters.